The lowest BCUT2D eigenvalue weighted by Crippen LogP contribution is -2.02. The Morgan fingerprint density at radius 2 is 2.23 bits per heavy atom. The fraction of sp³-hybridized carbons (Fsp3) is 0.200. The Balaban J connectivity index is 3.02. The molecule has 0 unspecified atom stereocenters. The molecule has 0 aliphatic rings. The number of hydrogen-bond acceptors (Lipinski definition) is 2. The lowest BCUT2D eigenvalue weighted by atomic mass is 10.1. The molecular weight excluding hydrogens is 171 g/mol. The number of esters is 1. The van der Waals surface area contributed by atoms with E-state index in [2.05, 4.69) is 4.74 Å². The molecule has 0 saturated carbocycles. The summed E-state index contributed by atoms with van der Waals surface area (Å²) in [4.78, 5) is 11.0. The quantitative estimate of drug-likeness (QED) is 0.653. The van der Waals surface area contributed by atoms with Gasteiger partial charge in [-0.05, 0) is 24.1 Å². The van der Waals surface area contributed by atoms with Gasteiger partial charge in [0, 0.05) is 0 Å². The van der Waals surface area contributed by atoms with Crippen LogP contribution in [0.5, 0.6) is 0 Å². The number of methoxy groups -OCH3 is 1. The minimum atomic E-state index is -0.526. The molecule has 0 heterocycles. The van der Waals surface area contributed by atoms with Gasteiger partial charge >= 0.3 is 5.97 Å². The molecule has 2 nitrogen and oxygen atoms in total. The maximum Gasteiger partial charge on any atom is 0.337 e. The highest BCUT2D eigenvalue weighted by Crippen LogP contribution is 2.12. The summed E-state index contributed by atoms with van der Waals surface area (Å²) < 4.78 is 17.6. The van der Waals surface area contributed by atoms with E-state index in [0.29, 0.717) is 5.56 Å². The van der Waals surface area contributed by atoms with E-state index >= 15 is 0 Å². The van der Waals surface area contributed by atoms with Crippen molar-refractivity contribution < 1.29 is 13.9 Å². The molecule has 0 amide bonds. The highest BCUT2D eigenvalue weighted by molar-refractivity contribution is 5.89. The van der Waals surface area contributed by atoms with Crippen molar-refractivity contribution in [3.05, 3.63) is 41.6 Å². The fourth-order valence-corrected chi connectivity index (χ4v) is 1.01. The SMILES string of the molecule is C[CH]c1ccc(C(=O)OC)cc1F. The van der Waals surface area contributed by atoms with Crippen LogP contribution in [0.2, 0.25) is 0 Å². The van der Waals surface area contributed by atoms with Crippen molar-refractivity contribution in [2.75, 3.05) is 7.11 Å². The van der Waals surface area contributed by atoms with Gasteiger partial charge in [0.25, 0.3) is 0 Å². The Kier molecular flexibility index (Phi) is 3.01. The third-order valence-electron chi connectivity index (χ3n) is 1.73. The zero-order chi connectivity index (χ0) is 9.84. The first kappa shape index (κ1) is 9.71. The first-order chi connectivity index (χ1) is 6.19. The molecule has 1 radical (unpaired) electrons. The normalized spacial score (nSPS) is 9.77. The summed E-state index contributed by atoms with van der Waals surface area (Å²) in [6.07, 6.45) is 1.64. The molecule has 13 heavy (non-hydrogen) atoms. The average Bonchev–Trinajstić information content (AvgIpc) is 2.16. The summed E-state index contributed by atoms with van der Waals surface area (Å²) in [5, 5.41) is 0. The summed E-state index contributed by atoms with van der Waals surface area (Å²) in [5.41, 5.74) is 0.707. The third-order valence-corrected chi connectivity index (χ3v) is 1.73. The monoisotopic (exact) mass is 181 g/mol. The number of ether oxygens (including phenoxy) is 1. The van der Waals surface area contributed by atoms with Gasteiger partial charge in [0.15, 0.2) is 0 Å². The number of hydrogen-bond donors (Lipinski definition) is 0. The van der Waals surface area contributed by atoms with E-state index in [1.807, 2.05) is 0 Å². The van der Waals surface area contributed by atoms with Crippen molar-refractivity contribution in [2.45, 2.75) is 6.92 Å². The Bertz CT molecular complexity index is 321. The number of carbonyl (C=O) groups excluding carboxylic acids is 1. The molecule has 69 valence electrons. The van der Waals surface area contributed by atoms with Crippen LogP contribution in [-0.2, 0) is 4.74 Å². The van der Waals surface area contributed by atoms with Crippen LogP contribution in [0, 0.1) is 12.2 Å². The van der Waals surface area contributed by atoms with Gasteiger partial charge in [0.2, 0.25) is 0 Å². The lowest BCUT2D eigenvalue weighted by molar-refractivity contribution is 0.0600. The van der Waals surface area contributed by atoms with E-state index in [0.717, 1.165) is 0 Å². The van der Waals surface area contributed by atoms with E-state index < -0.39 is 11.8 Å². The van der Waals surface area contributed by atoms with Crippen molar-refractivity contribution in [3.8, 4) is 0 Å². The standard InChI is InChI=1S/C10H10FO2/c1-3-7-4-5-8(6-9(7)11)10(12)13-2/h3-6H,1-2H3. The summed E-state index contributed by atoms with van der Waals surface area (Å²) in [7, 11) is 1.26. The van der Waals surface area contributed by atoms with E-state index in [-0.39, 0.29) is 5.56 Å². The maximum atomic E-state index is 13.1. The average molecular weight is 181 g/mol. The minimum absolute atomic E-state index is 0.227. The van der Waals surface area contributed by atoms with Crippen LogP contribution in [0.4, 0.5) is 4.39 Å². The predicted octanol–water partition coefficient (Wildman–Crippen LogP) is 2.18. The molecule has 0 fully saturated rings. The second kappa shape index (κ2) is 4.03. The number of halogens is 1. The Morgan fingerprint density at radius 3 is 2.69 bits per heavy atom. The first-order valence-corrected chi connectivity index (χ1v) is 3.86. The van der Waals surface area contributed by atoms with Gasteiger partial charge in [-0.2, -0.15) is 0 Å². The number of rotatable bonds is 2. The van der Waals surface area contributed by atoms with Gasteiger partial charge in [0.05, 0.1) is 12.7 Å². The second-order valence-corrected chi connectivity index (χ2v) is 2.52. The van der Waals surface area contributed by atoms with Crippen LogP contribution in [0.25, 0.3) is 0 Å². The zero-order valence-electron chi connectivity index (χ0n) is 7.50. The Morgan fingerprint density at radius 1 is 1.54 bits per heavy atom. The second-order valence-electron chi connectivity index (χ2n) is 2.52. The van der Waals surface area contributed by atoms with Crippen molar-refractivity contribution in [1.29, 1.82) is 0 Å². The van der Waals surface area contributed by atoms with Crippen LogP contribution in [0.3, 0.4) is 0 Å². The van der Waals surface area contributed by atoms with E-state index in [1.165, 1.54) is 19.2 Å². The van der Waals surface area contributed by atoms with Crippen LogP contribution in [0.1, 0.15) is 22.8 Å². The first-order valence-electron chi connectivity index (χ1n) is 3.86. The summed E-state index contributed by atoms with van der Waals surface area (Å²) in [5.74, 6) is -0.938. The molecule has 0 atom stereocenters. The predicted molar refractivity (Wildman–Crippen MR) is 46.8 cm³/mol. The maximum absolute atomic E-state index is 13.1. The van der Waals surface area contributed by atoms with Crippen LogP contribution in [0.15, 0.2) is 18.2 Å². The zero-order valence-corrected chi connectivity index (χ0v) is 7.50. The minimum Gasteiger partial charge on any atom is -0.465 e. The van der Waals surface area contributed by atoms with Gasteiger partial charge in [-0.15, -0.1) is 0 Å². The van der Waals surface area contributed by atoms with Gasteiger partial charge < -0.3 is 4.74 Å². The van der Waals surface area contributed by atoms with Gasteiger partial charge in [-0.1, -0.05) is 13.0 Å². The number of carbonyl (C=O) groups is 1. The molecule has 0 bridgehead atoms. The fourth-order valence-electron chi connectivity index (χ4n) is 1.01. The van der Waals surface area contributed by atoms with Crippen LogP contribution in [-0.4, -0.2) is 13.1 Å². The molecular formula is C10H10FO2. The molecule has 1 aromatic rings. The van der Waals surface area contributed by atoms with Crippen molar-refractivity contribution >= 4 is 5.97 Å². The van der Waals surface area contributed by atoms with Crippen LogP contribution >= 0.6 is 0 Å². The van der Waals surface area contributed by atoms with Gasteiger partial charge in [-0.25, -0.2) is 9.18 Å². The lowest BCUT2D eigenvalue weighted by Gasteiger charge is -2.02. The molecule has 0 N–H and O–H groups in total. The number of benzene rings is 1. The van der Waals surface area contributed by atoms with Gasteiger partial charge in [-0.3, -0.25) is 0 Å². The van der Waals surface area contributed by atoms with Gasteiger partial charge in [0.1, 0.15) is 5.82 Å². The Hall–Kier alpha value is -1.38. The molecule has 0 spiro atoms. The largest absolute Gasteiger partial charge is 0.465 e. The smallest absolute Gasteiger partial charge is 0.337 e. The summed E-state index contributed by atoms with van der Waals surface area (Å²) in [6, 6.07) is 4.24. The highest BCUT2D eigenvalue weighted by Gasteiger charge is 2.08. The van der Waals surface area contributed by atoms with Crippen molar-refractivity contribution in [2.24, 2.45) is 0 Å². The van der Waals surface area contributed by atoms with Crippen molar-refractivity contribution in [1.82, 2.24) is 0 Å². The molecule has 1 aromatic carbocycles. The molecule has 0 aliphatic carbocycles. The molecule has 0 aromatic heterocycles. The van der Waals surface area contributed by atoms with E-state index in [9.17, 15) is 9.18 Å². The van der Waals surface area contributed by atoms with E-state index in [1.54, 1.807) is 19.4 Å². The topological polar surface area (TPSA) is 26.3 Å². The molecule has 0 aliphatic heterocycles. The molecule has 0 saturated heterocycles. The van der Waals surface area contributed by atoms with E-state index in [4.69, 9.17) is 0 Å². The van der Waals surface area contributed by atoms with Crippen LogP contribution < -0.4 is 0 Å². The third kappa shape index (κ3) is 2.05. The summed E-state index contributed by atoms with van der Waals surface area (Å²) >= 11 is 0. The molecule has 1 rings (SSSR count). The Labute approximate surface area is 76.3 Å². The molecule has 3 heteroatoms. The van der Waals surface area contributed by atoms with Crippen molar-refractivity contribution in [3.63, 3.8) is 0 Å². The highest BCUT2D eigenvalue weighted by atomic mass is 19.1. The summed E-state index contributed by atoms with van der Waals surface area (Å²) in [6.45, 7) is 1.73.